The van der Waals surface area contributed by atoms with Gasteiger partial charge in [0.15, 0.2) is 0 Å². The zero-order chi connectivity index (χ0) is 20.8. The van der Waals surface area contributed by atoms with Gasteiger partial charge >= 0.3 is 0 Å². The van der Waals surface area contributed by atoms with Crippen molar-refractivity contribution in [2.45, 2.75) is 32.1 Å². The van der Waals surface area contributed by atoms with Gasteiger partial charge in [-0.2, -0.15) is 5.26 Å². The average molecular weight is 388 g/mol. The molecular weight excluding hydrogens is 367 g/mol. The third-order valence-corrected chi connectivity index (χ3v) is 5.18. The van der Waals surface area contributed by atoms with Gasteiger partial charge in [0.25, 0.3) is 0 Å². The Bertz CT molecular complexity index is 1130. The van der Waals surface area contributed by atoms with E-state index in [0.717, 1.165) is 11.1 Å². The molecule has 2 aromatic carbocycles. The van der Waals surface area contributed by atoms with Crippen LogP contribution in [0.15, 0.2) is 60.0 Å². The summed E-state index contributed by atoms with van der Waals surface area (Å²) in [4.78, 5) is 0. The van der Waals surface area contributed by atoms with Crippen molar-refractivity contribution in [2.75, 3.05) is 0 Å². The normalized spacial score (nSPS) is 16.2. The SMILES string of the molecule is CC(C)(C)c1ccc([C@@H]2C(C#N)=C(N)Oc3n[nH]c(-c4ccc(F)cc4)c32)cc1. The number of fused-ring (bicyclic) bond motifs is 1. The second kappa shape index (κ2) is 6.78. The van der Waals surface area contributed by atoms with Gasteiger partial charge in [-0.05, 0) is 40.8 Å². The molecule has 2 heterocycles. The first-order chi connectivity index (χ1) is 13.8. The molecule has 146 valence electrons. The number of nitrogens with one attached hydrogen (secondary N) is 1. The lowest BCUT2D eigenvalue weighted by Gasteiger charge is -2.25. The number of H-pyrrole nitrogens is 1. The summed E-state index contributed by atoms with van der Waals surface area (Å²) in [5.41, 5.74) is 10.6. The van der Waals surface area contributed by atoms with E-state index in [4.69, 9.17) is 10.5 Å². The van der Waals surface area contributed by atoms with Gasteiger partial charge in [-0.1, -0.05) is 45.0 Å². The van der Waals surface area contributed by atoms with Crippen molar-refractivity contribution in [1.29, 1.82) is 5.26 Å². The lowest BCUT2D eigenvalue weighted by Crippen LogP contribution is -2.21. The molecule has 0 radical (unpaired) electrons. The molecule has 1 aromatic heterocycles. The van der Waals surface area contributed by atoms with E-state index in [-0.39, 0.29) is 17.1 Å². The third kappa shape index (κ3) is 3.25. The van der Waals surface area contributed by atoms with Crippen LogP contribution in [-0.2, 0) is 5.41 Å². The van der Waals surface area contributed by atoms with Crippen LogP contribution < -0.4 is 10.5 Å². The summed E-state index contributed by atoms with van der Waals surface area (Å²) >= 11 is 0. The molecule has 0 saturated heterocycles. The summed E-state index contributed by atoms with van der Waals surface area (Å²) in [6, 6.07) is 16.4. The van der Waals surface area contributed by atoms with Crippen LogP contribution in [0.4, 0.5) is 4.39 Å². The van der Waals surface area contributed by atoms with Crippen LogP contribution in [0, 0.1) is 17.1 Å². The zero-order valence-electron chi connectivity index (χ0n) is 16.5. The summed E-state index contributed by atoms with van der Waals surface area (Å²) in [6.45, 7) is 6.45. The molecule has 0 aliphatic carbocycles. The molecule has 6 heteroatoms. The first-order valence-corrected chi connectivity index (χ1v) is 9.32. The number of nitriles is 1. The van der Waals surface area contributed by atoms with Crippen LogP contribution >= 0.6 is 0 Å². The average Bonchev–Trinajstić information content (AvgIpc) is 3.10. The predicted molar refractivity (Wildman–Crippen MR) is 108 cm³/mol. The van der Waals surface area contributed by atoms with Crippen LogP contribution in [0.3, 0.4) is 0 Å². The molecule has 0 unspecified atom stereocenters. The Hall–Kier alpha value is -3.59. The largest absolute Gasteiger partial charge is 0.420 e. The minimum atomic E-state index is -0.434. The number of halogens is 1. The number of hydrogen-bond donors (Lipinski definition) is 2. The summed E-state index contributed by atoms with van der Waals surface area (Å²) in [7, 11) is 0. The smallest absolute Gasteiger partial charge is 0.244 e. The molecule has 0 spiro atoms. The van der Waals surface area contributed by atoms with Crippen LogP contribution in [0.1, 0.15) is 43.4 Å². The standard InChI is InChI=1S/C23H21FN4O/c1-23(2,3)15-8-4-13(5-9-15)18-17(12-25)21(26)29-22-19(18)20(27-28-22)14-6-10-16(24)11-7-14/h4-11,18H,26H2,1-3H3,(H,27,28)/t18-/m1/s1. The van der Waals surface area contributed by atoms with Crippen molar-refractivity contribution >= 4 is 0 Å². The molecule has 0 fully saturated rings. The highest BCUT2D eigenvalue weighted by Gasteiger charge is 2.35. The second-order valence-corrected chi connectivity index (χ2v) is 8.12. The van der Waals surface area contributed by atoms with E-state index in [9.17, 15) is 9.65 Å². The number of rotatable bonds is 2. The molecule has 1 aliphatic heterocycles. The van der Waals surface area contributed by atoms with Crippen molar-refractivity contribution in [3.63, 3.8) is 0 Å². The molecule has 3 N–H and O–H groups in total. The summed E-state index contributed by atoms with van der Waals surface area (Å²) in [5.74, 6) is -0.390. The fourth-order valence-corrected chi connectivity index (χ4v) is 3.59. The second-order valence-electron chi connectivity index (χ2n) is 8.12. The summed E-state index contributed by atoms with van der Waals surface area (Å²) in [5, 5.41) is 17.0. The van der Waals surface area contributed by atoms with Crippen LogP contribution in [-0.4, -0.2) is 10.2 Å². The fourth-order valence-electron chi connectivity index (χ4n) is 3.59. The Labute approximate surface area is 168 Å². The Morgan fingerprint density at radius 1 is 1.10 bits per heavy atom. The zero-order valence-corrected chi connectivity index (χ0v) is 16.5. The van der Waals surface area contributed by atoms with Gasteiger partial charge < -0.3 is 10.5 Å². The molecule has 3 aromatic rings. The van der Waals surface area contributed by atoms with Gasteiger partial charge in [0.05, 0.1) is 17.2 Å². The molecule has 1 aliphatic rings. The number of hydrogen-bond acceptors (Lipinski definition) is 4. The highest BCUT2D eigenvalue weighted by molar-refractivity contribution is 5.70. The lowest BCUT2D eigenvalue weighted by atomic mass is 9.81. The topological polar surface area (TPSA) is 87.7 Å². The molecule has 0 saturated carbocycles. The number of aromatic amines is 1. The monoisotopic (exact) mass is 388 g/mol. The van der Waals surface area contributed by atoms with Crippen molar-refractivity contribution in [2.24, 2.45) is 5.73 Å². The number of ether oxygens (including phenoxy) is 1. The van der Waals surface area contributed by atoms with Gasteiger partial charge in [0, 0.05) is 5.56 Å². The van der Waals surface area contributed by atoms with Gasteiger partial charge in [0.1, 0.15) is 17.5 Å². The van der Waals surface area contributed by atoms with Crippen LogP contribution in [0.5, 0.6) is 5.88 Å². The predicted octanol–water partition coefficient (Wildman–Crippen LogP) is 4.73. The number of allylic oxidation sites excluding steroid dienone is 1. The van der Waals surface area contributed by atoms with E-state index in [1.165, 1.54) is 17.7 Å². The molecule has 0 bridgehead atoms. The minimum absolute atomic E-state index is 0.0151. The van der Waals surface area contributed by atoms with E-state index in [1.807, 2.05) is 12.1 Å². The molecule has 4 rings (SSSR count). The molecular formula is C23H21FN4O. The number of aromatic nitrogens is 2. The van der Waals surface area contributed by atoms with E-state index < -0.39 is 5.92 Å². The summed E-state index contributed by atoms with van der Waals surface area (Å²) < 4.78 is 19.0. The van der Waals surface area contributed by atoms with Gasteiger partial charge in [0.2, 0.25) is 11.8 Å². The highest BCUT2D eigenvalue weighted by atomic mass is 19.1. The van der Waals surface area contributed by atoms with E-state index in [0.29, 0.717) is 22.7 Å². The van der Waals surface area contributed by atoms with Crippen molar-refractivity contribution < 1.29 is 9.13 Å². The van der Waals surface area contributed by atoms with Crippen molar-refractivity contribution in [3.8, 4) is 23.2 Å². The fraction of sp³-hybridized carbons (Fsp3) is 0.217. The van der Waals surface area contributed by atoms with Gasteiger partial charge in [-0.25, -0.2) is 4.39 Å². The van der Waals surface area contributed by atoms with E-state index in [2.05, 4.69) is 49.2 Å². The Kier molecular flexibility index (Phi) is 4.39. The Morgan fingerprint density at radius 2 is 1.76 bits per heavy atom. The van der Waals surface area contributed by atoms with Crippen LogP contribution in [0.25, 0.3) is 11.3 Å². The molecule has 0 amide bonds. The van der Waals surface area contributed by atoms with Crippen LogP contribution in [0.2, 0.25) is 0 Å². The maximum Gasteiger partial charge on any atom is 0.244 e. The number of nitrogens with zero attached hydrogens (tertiary/aromatic N) is 2. The van der Waals surface area contributed by atoms with E-state index in [1.54, 1.807) is 12.1 Å². The molecule has 1 atom stereocenters. The van der Waals surface area contributed by atoms with Gasteiger partial charge in [-0.3, -0.25) is 5.10 Å². The lowest BCUT2D eigenvalue weighted by molar-refractivity contribution is 0.379. The maximum atomic E-state index is 13.4. The highest BCUT2D eigenvalue weighted by Crippen LogP contribution is 2.45. The number of nitrogens with two attached hydrogens (primary N) is 1. The first-order valence-electron chi connectivity index (χ1n) is 9.32. The minimum Gasteiger partial charge on any atom is -0.420 e. The maximum absolute atomic E-state index is 13.4. The van der Waals surface area contributed by atoms with Crippen molar-refractivity contribution in [3.05, 3.63) is 82.5 Å². The van der Waals surface area contributed by atoms with Gasteiger partial charge in [-0.15, -0.1) is 5.10 Å². The Balaban J connectivity index is 1.88. The quantitative estimate of drug-likeness (QED) is 0.664. The Morgan fingerprint density at radius 3 is 2.34 bits per heavy atom. The summed E-state index contributed by atoms with van der Waals surface area (Å²) in [6.07, 6.45) is 0. The first kappa shape index (κ1) is 18.8. The van der Waals surface area contributed by atoms with E-state index >= 15 is 0 Å². The van der Waals surface area contributed by atoms with Crippen molar-refractivity contribution in [1.82, 2.24) is 10.2 Å². The third-order valence-electron chi connectivity index (χ3n) is 5.18. The molecule has 29 heavy (non-hydrogen) atoms. The number of benzene rings is 2. The molecule has 5 nitrogen and oxygen atoms in total.